The molecule has 0 amide bonds. The van der Waals surface area contributed by atoms with Crippen LogP contribution in [0.3, 0.4) is 0 Å². The van der Waals surface area contributed by atoms with Gasteiger partial charge in [-0.25, -0.2) is 0 Å². The van der Waals surface area contributed by atoms with Crippen LogP contribution in [0.2, 0.25) is 5.15 Å². The van der Waals surface area contributed by atoms with Crippen molar-refractivity contribution < 1.29 is 17.9 Å². The Balaban J connectivity index is 2.30. The largest absolute Gasteiger partial charge is 0.497 e. The van der Waals surface area contributed by atoms with E-state index in [-0.39, 0.29) is 17.1 Å². The first-order valence-corrected chi connectivity index (χ1v) is 5.72. The van der Waals surface area contributed by atoms with Gasteiger partial charge in [-0.3, -0.25) is 5.10 Å². The van der Waals surface area contributed by atoms with Crippen LogP contribution in [0, 0.1) is 0 Å². The number of aromatic nitrogens is 2. The Morgan fingerprint density at radius 1 is 1.26 bits per heavy atom. The lowest BCUT2D eigenvalue weighted by Crippen LogP contribution is -2.09. The lowest BCUT2D eigenvalue weighted by molar-refractivity contribution is -0.141. The van der Waals surface area contributed by atoms with Crippen LogP contribution in [-0.2, 0) is 12.6 Å². The van der Waals surface area contributed by atoms with Gasteiger partial charge in [-0.15, -0.1) is 0 Å². The summed E-state index contributed by atoms with van der Waals surface area (Å²) in [5.74, 6) is 0.637. The predicted octanol–water partition coefficient (Wildman–Crippen LogP) is 3.68. The molecule has 0 atom stereocenters. The maximum Gasteiger partial charge on any atom is 0.433 e. The molecule has 0 bridgehead atoms. The molecule has 2 rings (SSSR count). The molecule has 0 aliphatic carbocycles. The fraction of sp³-hybridized carbons (Fsp3) is 0.250. The minimum Gasteiger partial charge on any atom is -0.497 e. The molecule has 1 aromatic carbocycles. The summed E-state index contributed by atoms with van der Waals surface area (Å²) in [6, 6.07) is 6.72. The summed E-state index contributed by atoms with van der Waals surface area (Å²) in [6.45, 7) is 0. The maximum atomic E-state index is 12.7. The second kappa shape index (κ2) is 5.13. The maximum absolute atomic E-state index is 12.7. The Labute approximate surface area is 112 Å². The summed E-state index contributed by atoms with van der Waals surface area (Å²) in [5.41, 5.74) is -0.276. The highest BCUT2D eigenvalue weighted by atomic mass is 35.5. The van der Waals surface area contributed by atoms with Crippen LogP contribution in [-0.4, -0.2) is 17.3 Å². The van der Waals surface area contributed by atoms with E-state index in [0.717, 1.165) is 0 Å². The van der Waals surface area contributed by atoms with E-state index in [9.17, 15) is 13.2 Å². The Morgan fingerprint density at radius 3 is 2.42 bits per heavy atom. The fourth-order valence-corrected chi connectivity index (χ4v) is 1.89. The lowest BCUT2D eigenvalue weighted by Gasteiger charge is -2.08. The second-order valence-corrected chi connectivity index (χ2v) is 4.25. The Morgan fingerprint density at radius 2 is 1.89 bits per heavy atom. The van der Waals surface area contributed by atoms with E-state index in [1.165, 1.54) is 7.11 Å². The molecule has 1 heterocycles. The van der Waals surface area contributed by atoms with Crippen molar-refractivity contribution in [2.45, 2.75) is 12.6 Å². The van der Waals surface area contributed by atoms with Crippen molar-refractivity contribution in [3.63, 3.8) is 0 Å². The number of halogens is 4. The van der Waals surface area contributed by atoms with Crippen LogP contribution in [0.4, 0.5) is 13.2 Å². The van der Waals surface area contributed by atoms with Crippen LogP contribution in [0.5, 0.6) is 5.75 Å². The van der Waals surface area contributed by atoms with Gasteiger partial charge in [0.05, 0.1) is 7.11 Å². The number of rotatable bonds is 3. The number of ether oxygens (including phenoxy) is 1. The molecule has 0 saturated carbocycles. The topological polar surface area (TPSA) is 37.9 Å². The second-order valence-electron chi connectivity index (χ2n) is 3.89. The van der Waals surface area contributed by atoms with E-state index in [4.69, 9.17) is 16.3 Å². The van der Waals surface area contributed by atoms with E-state index >= 15 is 0 Å². The normalized spacial score (nSPS) is 11.6. The van der Waals surface area contributed by atoms with Crippen molar-refractivity contribution in [2.75, 3.05) is 7.11 Å². The molecule has 2 aromatic rings. The van der Waals surface area contributed by atoms with E-state index < -0.39 is 11.9 Å². The average Bonchev–Trinajstić information content (AvgIpc) is 2.72. The number of hydrogen-bond donors (Lipinski definition) is 1. The molecule has 1 aromatic heterocycles. The smallest absolute Gasteiger partial charge is 0.433 e. The van der Waals surface area contributed by atoms with Gasteiger partial charge in [0.2, 0.25) is 0 Å². The first-order chi connectivity index (χ1) is 8.91. The zero-order valence-electron chi connectivity index (χ0n) is 9.88. The zero-order chi connectivity index (χ0) is 14.0. The number of nitrogens with one attached hydrogen (secondary N) is 1. The summed E-state index contributed by atoms with van der Waals surface area (Å²) in [4.78, 5) is 0. The van der Waals surface area contributed by atoms with Crippen LogP contribution >= 0.6 is 11.6 Å². The van der Waals surface area contributed by atoms with Crippen molar-refractivity contribution >= 4 is 11.6 Å². The fourth-order valence-electron chi connectivity index (χ4n) is 1.69. The third-order valence-corrected chi connectivity index (χ3v) is 2.95. The molecule has 1 N–H and O–H groups in total. The molecule has 0 saturated heterocycles. The molecule has 0 unspecified atom stereocenters. The number of H-pyrrole nitrogens is 1. The first kappa shape index (κ1) is 13.7. The van der Waals surface area contributed by atoms with Gasteiger partial charge in [-0.2, -0.15) is 18.3 Å². The molecule has 0 spiro atoms. The highest BCUT2D eigenvalue weighted by molar-refractivity contribution is 6.30. The minimum atomic E-state index is -4.50. The average molecular weight is 291 g/mol. The third kappa shape index (κ3) is 3.01. The molecule has 3 nitrogen and oxygen atoms in total. The molecule has 7 heteroatoms. The van der Waals surface area contributed by atoms with E-state index in [2.05, 4.69) is 5.10 Å². The number of methoxy groups -OCH3 is 1. The van der Waals surface area contributed by atoms with Gasteiger partial charge in [0.15, 0.2) is 5.15 Å². The Hall–Kier alpha value is -1.69. The summed E-state index contributed by atoms with van der Waals surface area (Å²) < 4.78 is 43.2. The lowest BCUT2D eigenvalue weighted by atomic mass is 10.1. The Kier molecular flexibility index (Phi) is 3.71. The number of benzene rings is 1. The van der Waals surface area contributed by atoms with Crippen molar-refractivity contribution in [1.29, 1.82) is 0 Å². The van der Waals surface area contributed by atoms with Crippen molar-refractivity contribution in [3.05, 3.63) is 46.2 Å². The van der Waals surface area contributed by atoms with Crippen LogP contribution in [0.25, 0.3) is 0 Å². The summed E-state index contributed by atoms with van der Waals surface area (Å²) in [5, 5.41) is 5.17. The molecule has 102 valence electrons. The zero-order valence-corrected chi connectivity index (χ0v) is 10.6. The van der Waals surface area contributed by atoms with Gasteiger partial charge in [-0.1, -0.05) is 23.7 Å². The van der Waals surface area contributed by atoms with Gasteiger partial charge in [-0.05, 0) is 17.7 Å². The van der Waals surface area contributed by atoms with Gasteiger partial charge < -0.3 is 4.74 Å². The summed E-state index contributed by atoms with van der Waals surface area (Å²) in [7, 11) is 1.52. The van der Waals surface area contributed by atoms with Gasteiger partial charge in [0.1, 0.15) is 11.4 Å². The van der Waals surface area contributed by atoms with Crippen molar-refractivity contribution in [1.82, 2.24) is 10.2 Å². The molecule has 0 aliphatic rings. The standard InChI is InChI=1S/C12H10ClF3N2O/c1-19-8-4-2-7(3-5-8)6-9-10(12(14,15)16)17-18-11(9)13/h2-5H,6H2,1H3,(H,17,18). The molecule has 0 fully saturated rings. The third-order valence-electron chi connectivity index (χ3n) is 2.64. The molecular weight excluding hydrogens is 281 g/mol. The molecule has 0 aliphatic heterocycles. The van der Waals surface area contributed by atoms with Gasteiger partial charge in [0.25, 0.3) is 0 Å². The quantitative estimate of drug-likeness (QED) is 0.936. The van der Waals surface area contributed by atoms with Crippen LogP contribution < -0.4 is 4.74 Å². The number of hydrogen-bond acceptors (Lipinski definition) is 2. The molecule has 0 radical (unpaired) electrons. The Bertz CT molecular complexity index is 563. The predicted molar refractivity (Wildman–Crippen MR) is 64.4 cm³/mol. The first-order valence-electron chi connectivity index (χ1n) is 5.34. The molecular formula is C12H10ClF3N2O. The van der Waals surface area contributed by atoms with Gasteiger partial charge >= 0.3 is 6.18 Å². The minimum absolute atomic E-state index is 0.0498. The SMILES string of the molecule is COc1ccc(Cc2c(Cl)n[nH]c2C(F)(F)F)cc1. The van der Waals surface area contributed by atoms with E-state index in [1.807, 2.05) is 5.10 Å². The number of aromatic amines is 1. The molecule has 19 heavy (non-hydrogen) atoms. The number of alkyl halides is 3. The summed E-state index contributed by atoms with van der Waals surface area (Å²) >= 11 is 5.69. The van der Waals surface area contributed by atoms with Crippen LogP contribution in [0.1, 0.15) is 16.8 Å². The highest BCUT2D eigenvalue weighted by Gasteiger charge is 2.36. The monoisotopic (exact) mass is 290 g/mol. The van der Waals surface area contributed by atoms with Crippen LogP contribution in [0.15, 0.2) is 24.3 Å². The summed E-state index contributed by atoms with van der Waals surface area (Å²) in [6.07, 6.45) is -4.45. The van der Waals surface area contributed by atoms with E-state index in [0.29, 0.717) is 11.3 Å². The van der Waals surface area contributed by atoms with Gasteiger partial charge in [0, 0.05) is 12.0 Å². The highest BCUT2D eigenvalue weighted by Crippen LogP contribution is 2.34. The van der Waals surface area contributed by atoms with Crippen molar-refractivity contribution in [2.24, 2.45) is 0 Å². The van der Waals surface area contributed by atoms with Crippen molar-refractivity contribution in [3.8, 4) is 5.75 Å². The number of nitrogens with zero attached hydrogens (tertiary/aromatic N) is 1. The van der Waals surface area contributed by atoms with E-state index in [1.54, 1.807) is 24.3 Å².